The first-order chi connectivity index (χ1) is 13.7. The number of rotatable bonds is 6. The normalized spacial score (nSPS) is 19.6. The van der Waals surface area contributed by atoms with Gasteiger partial charge in [0.05, 0.1) is 18.8 Å². The van der Waals surface area contributed by atoms with E-state index in [1.54, 1.807) is 0 Å². The van der Waals surface area contributed by atoms with E-state index in [4.69, 9.17) is 14.9 Å². The lowest BCUT2D eigenvalue weighted by atomic mass is 9.85. The Morgan fingerprint density at radius 1 is 1.17 bits per heavy atom. The van der Waals surface area contributed by atoms with Crippen molar-refractivity contribution in [2.45, 2.75) is 64.3 Å². The van der Waals surface area contributed by atoms with E-state index in [1.807, 2.05) is 0 Å². The van der Waals surface area contributed by atoms with Crippen molar-refractivity contribution < 1.29 is 27.9 Å². The third kappa shape index (κ3) is 6.73. The summed E-state index contributed by atoms with van der Waals surface area (Å²) in [5.41, 5.74) is 1.00. The minimum Gasteiger partial charge on any atom is -0.475 e. The summed E-state index contributed by atoms with van der Waals surface area (Å²) < 4.78 is 34.0. The van der Waals surface area contributed by atoms with Gasteiger partial charge in [-0.25, -0.2) is 9.78 Å². The molecule has 29 heavy (non-hydrogen) atoms. The summed E-state index contributed by atoms with van der Waals surface area (Å²) in [6, 6.07) is 0. The molecule has 1 aromatic rings. The SMILES string of the molecule is O=C(CC1CC1)NCc1cn2c(n1)CN(CC1CCC1)CC2.O=C(O)C(F)(F)F. The van der Waals surface area contributed by atoms with Crippen LogP contribution in [0.4, 0.5) is 13.2 Å². The van der Waals surface area contributed by atoms with Crippen molar-refractivity contribution in [3.8, 4) is 0 Å². The molecule has 0 radical (unpaired) electrons. The van der Waals surface area contributed by atoms with Crippen molar-refractivity contribution >= 4 is 11.9 Å². The zero-order chi connectivity index (χ0) is 21.0. The molecule has 2 N–H and O–H groups in total. The summed E-state index contributed by atoms with van der Waals surface area (Å²) >= 11 is 0. The average Bonchev–Trinajstić information content (AvgIpc) is 3.32. The summed E-state index contributed by atoms with van der Waals surface area (Å²) in [6.07, 6.45) is 4.41. The molecule has 0 unspecified atom stereocenters. The topological polar surface area (TPSA) is 87.5 Å². The molecular formula is C19H27F3N4O3. The third-order valence-electron chi connectivity index (χ3n) is 5.55. The molecule has 4 rings (SSSR count). The number of alkyl halides is 3. The maximum Gasteiger partial charge on any atom is 0.490 e. The van der Waals surface area contributed by atoms with Gasteiger partial charge in [-0.2, -0.15) is 13.2 Å². The number of aliphatic carboxylic acids is 1. The highest BCUT2D eigenvalue weighted by Gasteiger charge is 2.38. The summed E-state index contributed by atoms with van der Waals surface area (Å²) in [7, 11) is 0. The van der Waals surface area contributed by atoms with Crippen LogP contribution in [0.3, 0.4) is 0 Å². The van der Waals surface area contributed by atoms with Gasteiger partial charge in [0.1, 0.15) is 5.82 Å². The number of carbonyl (C=O) groups is 2. The molecule has 1 amide bonds. The second-order valence-corrected chi connectivity index (χ2v) is 8.10. The number of amides is 1. The highest BCUT2D eigenvalue weighted by atomic mass is 19.4. The number of nitrogens with one attached hydrogen (secondary N) is 1. The first-order valence-electron chi connectivity index (χ1n) is 10.0. The smallest absolute Gasteiger partial charge is 0.475 e. The first kappa shape index (κ1) is 21.6. The lowest BCUT2D eigenvalue weighted by molar-refractivity contribution is -0.192. The van der Waals surface area contributed by atoms with E-state index in [1.165, 1.54) is 38.6 Å². The largest absolute Gasteiger partial charge is 0.490 e. The average molecular weight is 416 g/mol. The third-order valence-corrected chi connectivity index (χ3v) is 5.55. The maximum atomic E-state index is 11.8. The number of fused-ring (bicyclic) bond motifs is 1. The van der Waals surface area contributed by atoms with Gasteiger partial charge in [-0.15, -0.1) is 0 Å². The Morgan fingerprint density at radius 2 is 1.86 bits per heavy atom. The molecular weight excluding hydrogens is 389 g/mol. The van der Waals surface area contributed by atoms with E-state index in [0.29, 0.717) is 18.9 Å². The van der Waals surface area contributed by atoms with Crippen molar-refractivity contribution in [1.29, 1.82) is 0 Å². The number of nitrogens with zero attached hydrogens (tertiary/aromatic N) is 3. The second-order valence-electron chi connectivity index (χ2n) is 8.10. The van der Waals surface area contributed by atoms with Crippen molar-refractivity contribution in [3.05, 3.63) is 17.7 Å². The Labute approximate surface area is 167 Å². The molecule has 0 spiro atoms. The fraction of sp³-hybridized carbons (Fsp3) is 0.737. The summed E-state index contributed by atoms with van der Waals surface area (Å²) in [4.78, 5) is 27.9. The number of carboxylic acid groups (broad SMARTS) is 1. The summed E-state index contributed by atoms with van der Waals surface area (Å²) in [5, 5.41) is 10.1. The Balaban J connectivity index is 0.000000298. The van der Waals surface area contributed by atoms with Crippen LogP contribution in [0.15, 0.2) is 6.20 Å². The zero-order valence-electron chi connectivity index (χ0n) is 16.2. The number of halogens is 3. The van der Waals surface area contributed by atoms with Crippen LogP contribution in [0, 0.1) is 11.8 Å². The predicted octanol–water partition coefficient (Wildman–Crippen LogP) is 2.55. The molecule has 2 aliphatic carbocycles. The van der Waals surface area contributed by atoms with E-state index < -0.39 is 12.1 Å². The first-order valence-corrected chi connectivity index (χ1v) is 10.0. The minimum atomic E-state index is -5.08. The molecule has 10 heteroatoms. The summed E-state index contributed by atoms with van der Waals surface area (Å²) in [5.74, 6) is 0.155. The van der Waals surface area contributed by atoms with Crippen LogP contribution >= 0.6 is 0 Å². The Kier molecular flexibility index (Phi) is 6.81. The van der Waals surface area contributed by atoms with Gasteiger partial charge in [-0.05, 0) is 37.5 Å². The van der Waals surface area contributed by atoms with Crippen LogP contribution in [0.1, 0.15) is 50.0 Å². The van der Waals surface area contributed by atoms with Gasteiger partial charge in [-0.3, -0.25) is 9.69 Å². The van der Waals surface area contributed by atoms with Crippen LogP contribution in [0.2, 0.25) is 0 Å². The molecule has 0 bridgehead atoms. The maximum absolute atomic E-state index is 11.8. The molecule has 0 atom stereocenters. The number of hydrogen-bond acceptors (Lipinski definition) is 4. The van der Waals surface area contributed by atoms with Crippen LogP contribution in [0.5, 0.6) is 0 Å². The molecule has 162 valence electrons. The van der Waals surface area contributed by atoms with E-state index in [9.17, 15) is 18.0 Å². The highest BCUT2D eigenvalue weighted by molar-refractivity contribution is 5.76. The molecule has 0 saturated heterocycles. The van der Waals surface area contributed by atoms with Crippen LogP contribution in [-0.4, -0.2) is 50.7 Å². The molecule has 3 aliphatic rings. The van der Waals surface area contributed by atoms with Crippen molar-refractivity contribution in [2.24, 2.45) is 11.8 Å². The van der Waals surface area contributed by atoms with Gasteiger partial charge in [0.25, 0.3) is 0 Å². The number of carbonyl (C=O) groups excluding carboxylic acids is 1. The molecule has 1 aromatic heterocycles. The molecule has 7 nitrogen and oxygen atoms in total. The summed E-state index contributed by atoms with van der Waals surface area (Å²) in [6.45, 7) is 4.94. The van der Waals surface area contributed by atoms with Gasteiger partial charge in [-0.1, -0.05) is 6.42 Å². The predicted molar refractivity (Wildman–Crippen MR) is 97.7 cm³/mol. The van der Waals surface area contributed by atoms with Crippen LogP contribution < -0.4 is 5.32 Å². The minimum absolute atomic E-state index is 0.181. The van der Waals surface area contributed by atoms with Gasteiger partial charge < -0.3 is 15.0 Å². The van der Waals surface area contributed by atoms with Gasteiger partial charge in [0, 0.05) is 32.3 Å². The second kappa shape index (κ2) is 9.15. The Bertz CT molecular complexity index is 727. The van der Waals surface area contributed by atoms with E-state index in [0.717, 1.165) is 37.1 Å². The monoisotopic (exact) mass is 416 g/mol. The number of hydrogen-bond donors (Lipinski definition) is 2. The van der Waals surface area contributed by atoms with Crippen LogP contribution in [-0.2, 0) is 29.2 Å². The molecule has 2 fully saturated rings. The lowest BCUT2D eigenvalue weighted by Gasteiger charge is -2.34. The number of carboxylic acids is 1. The van der Waals surface area contributed by atoms with E-state index in [2.05, 4.69) is 21.0 Å². The molecule has 0 aromatic carbocycles. The van der Waals surface area contributed by atoms with E-state index >= 15 is 0 Å². The number of imidazole rings is 1. The van der Waals surface area contributed by atoms with Gasteiger partial charge >= 0.3 is 12.1 Å². The lowest BCUT2D eigenvalue weighted by Crippen LogP contribution is -2.38. The quantitative estimate of drug-likeness (QED) is 0.744. The molecule has 2 saturated carbocycles. The highest BCUT2D eigenvalue weighted by Crippen LogP contribution is 2.32. The standard InChI is InChI=1S/C17H26N4O.C2HF3O2/c22-17(8-13-4-5-13)18-9-15-11-21-7-6-20(12-16(21)19-15)10-14-2-1-3-14;3-2(4,5)1(6)7/h11,13-14H,1-10,12H2,(H,18,22);(H,6,7). The number of aromatic nitrogens is 2. The fourth-order valence-electron chi connectivity index (χ4n) is 3.49. The Hall–Kier alpha value is -2.10. The van der Waals surface area contributed by atoms with Crippen molar-refractivity contribution in [2.75, 3.05) is 13.1 Å². The van der Waals surface area contributed by atoms with E-state index in [-0.39, 0.29) is 5.91 Å². The van der Waals surface area contributed by atoms with Gasteiger partial charge in [0.2, 0.25) is 5.91 Å². The molecule has 1 aliphatic heterocycles. The fourth-order valence-corrected chi connectivity index (χ4v) is 3.49. The molecule has 2 heterocycles. The van der Waals surface area contributed by atoms with Gasteiger partial charge in [0.15, 0.2) is 0 Å². The van der Waals surface area contributed by atoms with Crippen LogP contribution in [0.25, 0.3) is 0 Å². The Morgan fingerprint density at radius 3 is 2.41 bits per heavy atom. The van der Waals surface area contributed by atoms with Crippen molar-refractivity contribution in [3.63, 3.8) is 0 Å². The zero-order valence-corrected chi connectivity index (χ0v) is 16.2. The van der Waals surface area contributed by atoms with Crippen molar-refractivity contribution in [1.82, 2.24) is 19.8 Å².